The molecule has 0 fully saturated rings. The fourth-order valence-corrected chi connectivity index (χ4v) is 1.52. The highest BCUT2D eigenvalue weighted by Gasteiger charge is 2.21. The van der Waals surface area contributed by atoms with E-state index in [2.05, 4.69) is 10.3 Å². The quantitative estimate of drug-likeness (QED) is 0.729. The third-order valence-corrected chi connectivity index (χ3v) is 2.23. The molecule has 4 nitrogen and oxygen atoms in total. The topological polar surface area (TPSA) is 68.0 Å². The van der Waals surface area contributed by atoms with E-state index in [0.29, 0.717) is 0 Å². The predicted octanol–water partition coefficient (Wildman–Crippen LogP) is 0.436. The van der Waals surface area contributed by atoms with E-state index in [-0.39, 0.29) is 0 Å². The molecule has 1 atom stereocenters. The summed E-state index contributed by atoms with van der Waals surface area (Å²) in [4.78, 5) is 15.2. The highest BCUT2D eigenvalue weighted by molar-refractivity contribution is 5.95. The molecule has 0 saturated carbocycles. The van der Waals surface area contributed by atoms with Crippen molar-refractivity contribution in [3.8, 4) is 0 Å². The highest BCUT2D eigenvalue weighted by Crippen LogP contribution is 2.19. The fourth-order valence-electron chi connectivity index (χ4n) is 1.52. The van der Waals surface area contributed by atoms with E-state index >= 15 is 0 Å². The number of allylic oxidation sites excluding steroid dienone is 2. The van der Waals surface area contributed by atoms with Gasteiger partial charge < -0.3 is 11.1 Å². The van der Waals surface area contributed by atoms with Crippen LogP contribution in [-0.2, 0) is 4.79 Å². The van der Waals surface area contributed by atoms with Crippen LogP contribution in [-0.4, -0.2) is 16.9 Å². The molecule has 1 aromatic heterocycles. The van der Waals surface area contributed by atoms with Crippen LogP contribution in [0.4, 0.5) is 0 Å². The number of carbonyl (C=O) groups excluding carboxylic acids is 1. The molecule has 0 saturated heterocycles. The number of nitrogens with zero attached hydrogens (tertiary/aromatic N) is 1. The van der Waals surface area contributed by atoms with Crippen LogP contribution in [0.15, 0.2) is 42.9 Å². The smallest absolute Gasteiger partial charge is 0.244 e. The van der Waals surface area contributed by atoms with Crippen molar-refractivity contribution < 1.29 is 4.79 Å². The minimum Gasteiger partial charge on any atom is -0.376 e. The van der Waals surface area contributed by atoms with E-state index in [1.807, 2.05) is 24.3 Å². The van der Waals surface area contributed by atoms with Gasteiger partial charge in [-0.05, 0) is 29.5 Å². The number of pyridine rings is 1. The van der Waals surface area contributed by atoms with Crippen LogP contribution in [0.25, 0.3) is 5.57 Å². The maximum absolute atomic E-state index is 11.2. The van der Waals surface area contributed by atoms with Gasteiger partial charge in [-0.3, -0.25) is 9.78 Å². The molecule has 2 heterocycles. The summed E-state index contributed by atoms with van der Waals surface area (Å²) in [6.45, 7) is 0. The zero-order chi connectivity index (χ0) is 10.7. The first-order valence-electron chi connectivity index (χ1n) is 4.61. The van der Waals surface area contributed by atoms with Crippen LogP contribution in [0.2, 0.25) is 0 Å². The van der Waals surface area contributed by atoms with Gasteiger partial charge in [0.15, 0.2) is 0 Å². The lowest BCUT2D eigenvalue weighted by Gasteiger charge is -2.20. The molecule has 4 heteroatoms. The van der Waals surface area contributed by atoms with Crippen molar-refractivity contribution in [1.29, 1.82) is 0 Å². The average Bonchev–Trinajstić information content (AvgIpc) is 2.30. The Labute approximate surface area is 87.5 Å². The van der Waals surface area contributed by atoms with Gasteiger partial charge in [0.05, 0.1) is 0 Å². The van der Waals surface area contributed by atoms with Crippen molar-refractivity contribution in [2.45, 2.75) is 6.04 Å². The lowest BCUT2D eigenvalue weighted by molar-refractivity contribution is -0.118. The van der Waals surface area contributed by atoms with E-state index in [1.54, 1.807) is 18.6 Å². The number of carbonyl (C=O) groups is 1. The molecule has 0 aliphatic carbocycles. The molecular formula is C11H11N3O. The van der Waals surface area contributed by atoms with Crippen molar-refractivity contribution in [2.24, 2.45) is 5.73 Å². The van der Waals surface area contributed by atoms with Crippen molar-refractivity contribution >= 4 is 11.5 Å². The molecule has 1 aromatic rings. The lowest BCUT2D eigenvalue weighted by atomic mass is 9.97. The second-order valence-corrected chi connectivity index (χ2v) is 3.22. The first kappa shape index (κ1) is 9.45. The van der Waals surface area contributed by atoms with E-state index in [1.165, 1.54) is 0 Å². The Morgan fingerprint density at radius 1 is 1.53 bits per heavy atom. The SMILES string of the molecule is NC(=O)C1NC=CC=C1c1cccnc1. The van der Waals surface area contributed by atoms with Crippen LogP contribution >= 0.6 is 0 Å². The van der Waals surface area contributed by atoms with Gasteiger partial charge in [-0.25, -0.2) is 0 Å². The molecule has 0 spiro atoms. The number of aromatic nitrogens is 1. The first-order valence-corrected chi connectivity index (χ1v) is 4.61. The van der Waals surface area contributed by atoms with Gasteiger partial charge in [0.2, 0.25) is 5.91 Å². The summed E-state index contributed by atoms with van der Waals surface area (Å²) < 4.78 is 0. The Morgan fingerprint density at radius 3 is 3.07 bits per heavy atom. The third-order valence-electron chi connectivity index (χ3n) is 2.23. The molecule has 3 N–H and O–H groups in total. The van der Waals surface area contributed by atoms with Crippen molar-refractivity contribution in [1.82, 2.24) is 10.3 Å². The Kier molecular flexibility index (Phi) is 2.49. The normalized spacial score (nSPS) is 19.2. The zero-order valence-electron chi connectivity index (χ0n) is 8.05. The summed E-state index contributed by atoms with van der Waals surface area (Å²) in [5.41, 5.74) is 7.04. The summed E-state index contributed by atoms with van der Waals surface area (Å²) in [6.07, 6.45) is 8.80. The molecular weight excluding hydrogens is 190 g/mol. The van der Waals surface area contributed by atoms with Gasteiger partial charge in [0.25, 0.3) is 0 Å². The Balaban J connectivity index is 2.38. The molecule has 1 aliphatic heterocycles. The monoisotopic (exact) mass is 201 g/mol. The second kappa shape index (κ2) is 3.96. The second-order valence-electron chi connectivity index (χ2n) is 3.22. The standard InChI is InChI=1S/C11H11N3O/c12-11(15)10-9(4-2-6-14-10)8-3-1-5-13-7-8/h1-7,10,14H,(H2,12,15). The number of dihydropyridines is 1. The van der Waals surface area contributed by atoms with E-state index in [9.17, 15) is 4.79 Å². The van der Waals surface area contributed by atoms with Crippen LogP contribution in [0.5, 0.6) is 0 Å². The molecule has 2 rings (SSSR count). The van der Waals surface area contributed by atoms with Gasteiger partial charge in [0.1, 0.15) is 6.04 Å². The molecule has 0 bridgehead atoms. The Hall–Kier alpha value is -2.10. The number of hydrogen-bond donors (Lipinski definition) is 2. The van der Waals surface area contributed by atoms with E-state index in [0.717, 1.165) is 11.1 Å². The van der Waals surface area contributed by atoms with Crippen LogP contribution in [0.3, 0.4) is 0 Å². The lowest BCUT2D eigenvalue weighted by Crippen LogP contribution is -2.40. The molecule has 0 aromatic carbocycles. The summed E-state index contributed by atoms with van der Waals surface area (Å²) in [6, 6.07) is 3.25. The summed E-state index contributed by atoms with van der Waals surface area (Å²) in [7, 11) is 0. The number of nitrogens with two attached hydrogens (primary N) is 1. The van der Waals surface area contributed by atoms with Crippen LogP contribution < -0.4 is 11.1 Å². The molecule has 0 radical (unpaired) electrons. The van der Waals surface area contributed by atoms with Crippen molar-refractivity contribution in [3.05, 3.63) is 48.4 Å². The largest absolute Gasteiger partial charge is 0.376 e. The number of nitrogens with one attached hydrogen (secondary N) is 1. The maximum atomic E-state index is 11.2. The number of amides is 1. The third kappa shape index (κ3) is 1.88. The fraction of sp³-hybridized carbons (Fsp3) is 0.0909. The number of primary amides is 1. The molecule has 76 valence electrons. The minimum absolute atomic E-state index is 0.394. The molecule has 1 amide bonds. The van der Waals surface area contributed by atoms with Crippen LogP contribution in [0.1, 0.15) is 5.56 Å². The highest BCUT2D eigenvalue weighted by atomic mass is 16.1. The average molecular weight is 201 g/mol. The number of hydrogen-bond acceptors (Lipinski definition) is 3. The van der Waals surface area contributed by atoms with E-state index in [4.69, 9.17) is 5.73 Å². The molecule has 1 unspecified atom stereocenters. The van der Waals surface area contributed by atoms with E-state index < -0.39 is 11.9 Å². The molecule has 15 heavy (non-hydrogen) atoms. The Bertz CT molecular complexity index is 423. The zero-order valence-corrected chi connectivity index (χ0v) is 8.05. The first-order chi connectivity index (χ1) is 7.29. The van der Waals surface area contributed by atoms with Crippen molar-refractivity contribution in [2.75, 3.05) is 0 Å². The summed E-state index contributed by atoms with van der Waals surface area (Å²) in [5, 5.41) is 2.92. The van der Waals surface area contributed by atoms with Gasteiger partial charge in [-0.2, -0.15) is 0 Å². The summed E-state index contributed by atoms with van der Waals surface area (Å²) in [5.74, 6) is -0.394. The Morgan fingerprint density at radius 2 is 2.40 bits per heavy atom. The summed E-state index contributed by atoms with van der Waals surface area (Å²) >= 11 is 0. The number of rotatable bonds is 2. The van der Waals surface area contributed by atoms with Gasteiger partial charge >= 0.3 is 0 Å². The van der Waals surface area contributed by atoms with Crippen molar-refractivity contribution in [3.63, 3.8) is 0 Å². The van der Waals surface area contributed by atoms with Gasteiger partial charge in [-0.15, -0.1) is 0 Å². The predicted molar refractivity (Wildman–Crippen MR) is 57.5 cm³/mol. The molecule has 1 aliphatic rings. The minimum atomic E-state index is -0.473. The van der Waals surface area contributed by atoms with Gasteiger partial charge in [0, 0.05) is 12.4 Å². The van der Waals surface area contributed by atoms with Gasteiger partial charge in [-0.1, -0.05) is 12.1 Å². The van der Waals surface area contributed by atoms with Crippen LogP contribution in [0, 0.1) is 0 Å². The maximum Gasteiger partial charge on any atom is 0.244 e.